The molecule has 0 aromatic heterocycles. The van der Waals surface area contributed by atoms with Gasteiger partial charge in [-0.15, -0.1) is 0 Å². The fourth-order valence-corrected chi connectivity index (χ4v) is 0. The Morgan fingerprint density at radius 1 is 1.29 bits per heavy atom. The number of hydrogen-bond acceptors (Lipinski definition) is 1. The molecule has 0 fully saturated rings. The topological polar surface area (TPSA) is 77.8 Å². The first-order chi connectivity index (χ1) is 2.00. The van der Waals surface area contributed by atoms with Gasteiger partial charge in [-0.1, -0.05) is 0 Å². The second-order valence-corrected chi connectivity index (χ2v) is 1.54. The second kappa shape index (κ2) is 7.19. The maximum Gasteiger partial charge on any atom is 1.00 e. The van der Waals surface area contributed by atoms with E-state index < -0.39 is 7.82 Å². The van der Waals surface area contributed by atoms with Crippen LogP contribution in [0.15, 0.2) is 0 Å². The van der Waals surface area contributed by atoms with Crippen LogP contribution in [0.5, 0.6) is 0 Å². The van der Waals surface area contributed by atoms with Gasteiger partial charge in [-0.3, -0.25) is 0 Å². The van der Waals surface area contributed by atoms with Crippen LogP contribution < -0.4 is 51.4 Å². The molecule has 7 heavy (non-hydrogen) atoms. The van der Waals surface area contributed by atoms with Crippen molar-refractivity contribution < 1.29 is 112 Å². The van der Waals surface area contributed by atoms with Gasteiger partial charge in [0.05, 0.1) is 0 Å². The molecular formula is H4KO4PSm. The van der Waals surface area contributed by atoms with Crippen molar-refractivity contribution in [2.24, 2.45) is 0 Å². The van der Waals surface area contributed by atoms with Crippen molar-refractivity contribution in [3.05, 3.63) is 0 Å². The van der Waals surface area contributed by atoms with Crippen LogP contribution in [0.2, 0.25) is 0 Å². The summed E-state index contributed by atoms with van der Waals surface area (Å²) in [5.41, 5.74) is 0. The van der Waals surface area contributed by atoms with E-state index in [1.165, 1.54) is 0 Å². The van der Waals surface area contributed by atoms with Crippen LogP contribution in [0.1, 0.15) is 1.43 Å². The summed E-state index contributed by atoms with van der Waals surface area (Å²) in [6, 6.07) is 0. The first kappa shape index (κ1) is 16.6. The molecule has 0 aromatic rings. The van der Waals surface area contributed by atoms with Crippen molar-refractivity contribution >= 4 is 7.82 Å². The minimum Gasteiger partial charge on any atom is -1.00 e. The van der Waals surface area contributed by atoms with E-state index in [1.807, 2.05) is 0 Å². The Morgan fingerprint density at radius 3 is 1.29 bits per heavy atom. The Balaban J connectivity index is -0.0000000267. The van der Waals surface area contributed by atoms with E-state index in [-0.39, 0.29) is 93.2 Å². The number of rotatable bonds is 0. The quantitative estimate of drug-likeness (QED) is 0.315. The summed E-state index contributed by atoms with van der Waals surface area (Å²) in [4.78, 5) is 21.6. The standard InChI is InChI=1S/K.H3O4P.Sm.H/c;1-5(2,3)4;;/h;(H3,1,2,3,4);;/q+1;;;-1. The Morgan fingerprint density at radius 2 is 1.29 bits per heavy atom. The molecule has 0 unspecified atom stereocenters. The molecular weight excluding hydrogens is 284 g/mol. The smallest absolute Gasteiger partial charge is 1.00 e. The van der Waals surface area contributed by atoms with Gasteiger partial charge < -0.3 is 16.1 Å². The molecule has 0 heterocycles. The first-order valence-electron chi connectivity index (χ1n) is 0.783. The zero-order chi connectivity index (χ0) is 4.50. The average Bonchev–Trinajstić information content (AvgIpc) is 0.722. The van der Waals surface area contributed by atoms with Gasteiger partial charge in [0.1, 0.15) is 0 Å². The van der Waals surface area contributed by atoms with Crippen LogP contribution in [0.4, 0.5) is 0 Å². The molecule has 0 aliphatic heterocycles. The van der Waals surface area contributed by atoms with Gasteiger partial charge in [0.25, 0.3) is 0 Å². The van der Waals surface area contributed by atoms with Gasteiger partial charge >= 0.3 is 59.2 Å². The van der Waals surface area contributed by atoms with Crippen LogP contribution >= 0.6 is 7.82 Å². The van der Waals surface area contributed by atoms with Gasteiger partial charge in [-0.05, 0) is 0 Å². The first-order valence-corrected chi connectivity index (χ1v) is 2.35. The predicted octanol–water partition coefficient (Wildman–Crippen LogP) is -3.81. The van der Waals surface area contributed by atoms with Crippen LogP contribution in [0.3, 0.4) is 0 Å². The fraction of sp³-hybridized carbons (Fsp3) is 0. The molecule has 7 heteroatoms. The van der Waals surface area contributed by atoms with Crippen LogP contribution in [-0.4, -0.2) is 14.7 Å². The third kappa shape index (κ3) is 47.9. The van der Waals surface area contributed by atoms with Gasteiger partial charge in [0, 0.05) is 40.4 Å². The molecule has 0 radical (unpaired) electrons. The molecule has 0 atom stereocenters. The fourth-order valence-electron chi connectivity index (χ4n) is 0. The van der Waals surface area contributed by atoms with Crippen molar-refractivity contribution in [3.63, 3.8) is 0 Å². The van der Waals surface area contributed by atoms with E-state index in [4.69, 9.17) is 19.2 Å². The van der Waals surface area contributed by atoms with Crippen molar-refractivity contribution in [3.8, 4) is 0 Å². The van der Waals surface area contributed by atoms with Gasteiger partial charge in [-0.2, -0.15) is 0 Å². The third-order valence-corrected chi connectivity index (χ3v) is 0. The van der Waals surface area contributed by atoms with Crippen LogP contribution in [0.25, 0.3) is 0 Å². The minimum atomic E-state index is -4.64. The molecule has 40 valence electrons. The molecule has 0 bridgehead atoms. The summed E-state index contributed by atoms with van der Waals surface area (Å²) in [5.74, 6) is 0. The van der Waals surface area contributed by atoms with Crippen LogP contribution in [-0.2, 0) is 4.57 Å². The largest absolute Gasteiger partial charge is 1.00 e. The summed E-state index contributed by atoms with van der Waals surface area (Å²) >= 11 is 0. The van der Waals surface area contributed by atoms with E-state index in [1.54, 1.807) is 0 Å². The third-order valence-electron chi connectivity index (χ3n) is 0. The number of hydrogen-bond donors (Lipinski definition) is 3. The van der Waals surface area contributed by atoms with Crippen molar-refractivity contribution in [2.75, 3.05) is 0 Å². The summed E-state index contributed by atoms with van der Waals surface area (Å²) in [6.45, 7) is 0. The molecule has 0 aliphatic rings. The molecule has 0 saturated heterocycles. The van der Waals surface area contributed by atoms with E-state index in [0.717, 1.165) is 0 Å². The Kier molecular flexibility index (Phi) is 17.0. The molecule has 0 spiro atoms. The molecule has 0 amide bonds. The molecule has 4 nitrogen and oxygen atoms in total. The average molecular weight is 288 g/mol. The van der Waals surface area contributed by atoms with Crippen LogP contribution in [0, 0.1) is 40.4 Å². The molecule has 0 aromatic carbocycles. The van der Waals surface area contributed by atoms with Gasteiger partial charge in [0.15, 0.2) is 0 Å². The zero-order valence-electron chi connectivity index (χ0n) is 4.61. The van der Waals surface area contributed by atoms with E-state index in [2.05, 4.69) is 0 Å². The van der Waals surface area contributed by atoms with Gasteiger partial charge in [-0.25, -0.2) is 4.57 Å². The van der Waals surface area contributed by atoms with Crippen molar-refractivity contribution in [2.45, 2.75) is 0 Å². The predicted molar refractivity (Wildman–Crippen MR) is 15.4 cm³/mol. The van der Waals surface area contributed by atoms with Crippen molar-refractivity contribution in [1.82, 2.24) is 0 Å². The van der Waals surface area contributed by atoms with E-state index >= 15 is 0 Å². The van der Waals surface area contributed by atoms with E-state index in [9.17, 15) is 0 Å². The monoisotopic (exact) mass is 290 g/mol. The maximum atomic E-state index is 8.88. The molecule has 0 rings (SSSR count). The number of phosphoric acid groups is 1. The van der Waals surface area contributed by atoms with E-state index in [0.29, 0.717) is 0 Å². The molecule has 3 N–H and O–H groups in total. The summed E-state index contributed by atoms with van der Waals surface area (Å²) in [7, 11) is -4.64. The maximum absolute atomic E-state index is 8.88. The normalized spacial score (nSPS) is 8.43. The molecule has 0 aliphatic carbocycles. The van der Waals surface area contributed by atoms with Gasteiger partial charge in [0.2, 0.25) is 0 Å². The SMILES string of the molecule is O=P(O)(O)O.[H-].[K+].[Sm]. The summed E-state index contributed by atoms with van der Waals surface area (Å²) < 4.78 is 8.88. The zero-order valence-corrected chi connectivity index (χ0v) is 10.2. The van der Waals surface area contributed by atoms with Crippen molar-refractivity contribution in [1.29, 1.82) is 0 Å². The Bertz CT molecular complexity index is 62.2. The summed E-state index contributed by atoms with van der Waals surface area (Å²) in [5, 5.41) is 0. The second-order valence-electron chi connectivity index (χ2n) is 0.513. The Hall–Kier alpha value is 3.08. The minimum absolute atomic E-state index is 0. The summed E-state index contributed by atoms with van der Waals surface area (Å²) in [6.07, 6.45) is 0. The molecule has 0 saturated carbocycles. The Labute approximate surface area is 117 Å².